The third-order valence-corrected chi connectivity index (χ3v) is 9.27. The van der Waals surface area contributed by atoms with Crippen LogP contribution >= 0.6 is 11.3 Å². The Bertz CT molecular complexity index is 967. The van der Waals surface area contributed by atoms with Crippen molar-refractivity contribution in [3.63, 3.8) is 0 Å². The van der Waals surface area contributed by atoms with Crippen molar-refractivity contribution < 1.29 is 13.2 Å². The summed E-state index contributed by atoms with van der Waals surface area (Å²) in [5.74, 6) is -0.148. The van der Waals surface area contributed by atoms with Crippen molar-refractivity contribution in [1.29, 1.82) is 0 Å². The summed E-state index contributed by atoms with van der Waals surface area (Å²) in [7, 11) is -3.59. The second kappa shape index (κ2) is 9.18. The number of aryl methyl sites for hydroxylation is 1. The summed E-state index contributed by atoms with van der Waals surface area (Å²) in [5, 5.41) is 4.89. The highest BCUT2D eigenvalue weighted by atomic mass is 32.2. The number of amides is 1. The summed E-state index contributed by atoms with van der Waals surface area (Å²) < 4.78 is 27.5. The van der Waals surface area contributed by atoms with Crippen LogP contribution in [0.25, 0.3) is 0 Å². The molecule has 0 bridgehead atoms. The summed E-state index contributed by atoms with van der Waals surface area (Å²) >= 11 is 1.20. The first-order chi connectivity index (χ1) is 14.4. The van der Waals surface area contributed by atoms with Gasteiger partial charge in [-0.05, 0) is 49.6 Å². The van der Waals surface area contributed by atoms with Gasteiger partial charge in [0.25, 0.3) is 10.0 Å². The fraction of sp³-hybridized carbons (Fsp3) is 0.500. The van der Waals surface area contributed by atoms with E-state index in [4.69, 9.17) is 0 Å². The minimum Gasteiger partial charge on any atom is -0.352 e. The number of nitrogens with one attached hydrogen (secondary N) is 1. The quantitative estimate of drug-likeness (QED) is 0.739. The van der Waals surface area contributed by atoms with Crippen LogP contribution in [0.5, 0.6) is 0 Å². The molecule has 1 atom stereocenters. The average molecular weight is 448 g/mol. The smallest absolute Gasteiger partial charge is 0.253 e. The molecular formula is C22H29N3O3S2. The number of sulfonamides is 1. The molecule has 6 nitrogen and oxygen atoms in total. The second-order valence-electron chi connectivity index (χ2n) is 8.25. The molecule has 0 aliphatic carbocycles. The van der Waals surface area contributed by atoms with Gasteiger partial charge in [0.1, 0.15) is 10.3 Å². The maximum absolute atomic E-state index is 12.9. The summed E-state index contributed by atoms with van der Waals surface area (Å²) in [5.41, 5.74) is 2.59. The monoisotopic (exact) mass is 447 g/mol. The van der Waals surface area contributed by atoms with E-state index in [1.807, 2.05) is 0 Å². The van der Waals surface area contributed by atoms with Crippen LogP contribution in [0.15, 0.2) is 46.0 Å². The van der Waals surface area contributed by atoms with Crippen molar-refractivity contribution in [2.75, 3.05) is 19.6 Å². The maximum atomic E-state index is 12.9. The van der Waals surface area contributed by atoms with Gasteiger partial charge in [0, 0.05) is 32.2 Å². The molecule has 3 heterocycles. The lowest BCUT2D eigenvalue weighted by Crippen LogP contribution is -2.51. The molecular weight excluding hydrogens is 418 g/mol. The molecule has 2 aliphatic rings. The highest BCUT2D eigenvalue weighted by Gasteiger charge is 2.40. The van der Waals surface area contributed by atoms with E-state index >= 15 is 0 Å². The fourth-order valence-corrected chi connectivity index (χ4v) is 7.19. The number of likely N-dealkylation sites (tertiary alicyclic amines) is 1. The van der Waals surface area contributed by atoms with Gasteiger partial charge in [0.2, 0.25) is 5.91 Å². The molecule has 1 unspecified atom stereocenters. The number of piperidine rings is 1. The summed E-state index contributed by atoms with van der Waals surface area (Å²) in [4.78, 5) is 15.3. The van der Waals surface area contributed by atoms with Gasteiger partial charge < -0.3 is 5.32 Å². The van der Waals surface area contributed by atoms with E-state index in [1.165, 1.54) is 26.8 Å². The normalized spacial score (nSPS) is 21.7. The van der Waals surface area contributed by atoms with Crippen LogP contribution in [-0.2, 0) is 21.4 Å². The van der Waals surface area contributed by atoms with Gasteiger partial charge in [0.05, 0.1) is 0 Å². The first kappa shape index (κ1) is 21.5. The predicted octanol–water partition coefficient (Wildman–Crippen LogP) is 2.99. The summed E-state index contributed by atoms with van der Waals surface area (Å²) in [6.07, 6.45) is 3.09. The molecule has 2 aliphatic heterocycles. The standard InChI is InChI=1S/C22H29N3O3S2/c1-17-5-2-6-18(15-17)16-24-12-9-19(10-13-24)23-22(26)20-7-3-11-25(20)30(27,28)21-8-4-14-29-21/h2,4-6,8,14-15,19-20H,3,7,9-13,16H2,1H3,(H,23,26). The van der Waals surface area contributed by atoms with Crippen molar-refractivity contribution in [3.8, 4) is 0 Å². The van der Waals surface area contributed by atoms with Crippen molar-refractivity contribution in [3.05, 3.63) is 52.9 Å². The number of carbonyl (C=O) groups excluding carboxylic acids is 1. The molecule has 1 N–H and O–H groups in total. The number of rotatable bonds is 6. The van der Waals surface area contributed by atoms with E-state index in [0.717, 1.165) is 38.9 Å². The fourth-order valence-electron chi connectivity index (χ4n) is 4.42. The van der Waals surface area contributed by atoms with Gasteiger partial charge in [-0.15, -0.1) is 11.3 Å². The molecule has 4 rings (SSSR count). The van der Waals surface area contributed by atoms with Gasteiger partial charge >= 0.3 is 0 Å². The Labute approximate surface area is 182 Å². The lowest BCUT2D eigenvalue weighted by molar-refractivity contribution is -0.125. The Hall–Kier alpha value is -1.74. The zero-order chi connectivity index (χ0) is 21.1. The molecule has 0 radical (unpaired) electrons. The Balaban J connectivity index is 1.31. The molecule has 30 heavy (non-hydrogen) atoms. The summed E-state index contributed by atoms with van der Waals surface area (Å²) in [6, 6.07) is 11.4. The van der Waals surface area contributed by atoms with Crippen LogP contribution in [0.1, 0.15) is 36.8 Å². The number of carbonyl (C=O) groups is 1. The lowest BCUT2D eigenvalue weighted by atomic mass is 10.0. The number of hydrogen-bond donors (Lipinski definition) is 1. The van der Waals surface area contributed by atoms with Crippen molar-refractivity contribution in [1.82, 2.24) is 14.5 Å². The zero-order valence-electron chi connectivity index (χ0n) is 17.3. The van der Waals surface area contributed by atoms with E-state index in [-0.39, 0.29) is 11.9 Å². The Morgan fingerprint density at radius 2 is 1.93 bits per heavy atom. The van der Waals surface area contributed by atoms with E-state index in [2.05, 4.69) is 41.4 Å². The van der Waals surface area contributed by atoms with E-state index in [1.54, 1.807) is 17.5 Å². The molecule has 0 saturated carbocycles. The Morgan fingerprint density at radius 1 is 1.13 bits per heavy atom. The lowest BCUT2D eigenvalue weighted by Gasteiger charge is -2.33. The van der Waals surface area contributed by atoms with Crippen LogP contribution in [0, 0.1) is 6.92 Å². The largest absolute Gasteiger partial charge is 0.352 e. The van der Waals surface area contributed by atoms with Crippen molar-refractivity contribution >= 4 is 27.3 Å². The molecule has 1 amide bonds. The molecule has 0 spiro atoms. The van der Waals surface area contributed by atoms with Crippen molar-refractivity contribution in [2.24, 2.45) is 0 Å². The minimum absolute atomic E-state index is 0.109. The molecule has 2 saturated heterocycles. The van der Waals surface area contributed by atoms with Crippen LogP contribution < -0.4 is 5.32 Å². The van der Waals surface area contributed by atoms with Gasteiger partial charge in [-0.3, -0.25) is 9.69 Å². The van der Waals surface area contributed by atoms with E-state index in [9.17, 15) is 13.2 Å². The third kappa shape index (κ3) is 4.77. The maximum Gasteiger partial charge on any atom is 0.253 e. The molecule has 162 valence electrons. The van der Waals surface area contributed by atoms with Crippen molar-refractivity contribution in [2.45, 2.75) is 55.4 Å². The average Bonchev–Trinajstić information content (AvgIpc) is 3.42. The summed E-state index contributed by atoms with van der Waals surface area (Å²) in [6.45, 7) is 5.31. The molecule has 2 fully saturated rings. The second-order valence-corrected chi connectivity index (χ2v) is 11.3. The topological polar surface area (TPSA) is 69.7 Å². The van der Waals surface area contributed by atoms with E-state index in [0.29, 0.717) is 17.2 Å². The molecule has 2 aromatic rings. The third-order valence-electron chi connectivity index (χ3n) is 5.99. The molecule has 1 aromatic heterocycles. The number of hydrogen-bond acceptors (Lipinski definition) is 5. The Morgan fingerprint density at radius 3 is 2.63 bits per heavy atom. The zero-order valence-corrected chi connectivity index (χ0v) is 18.9. The highest BCUT2D eigenvalue weighted by Crippen LogP contribution is 2.29. The van der Waals surface area contributed by atoms with Crippen LogP contribution in [0.2, 0.25) is 0 Å². The molecule has 1 aromatic carbocycles. The van der Waals surface area contributed by atoms with Gasteiger partial charge in [-0.1, -0.05) is 35.9 Å². The number of nitrogens with zero attached hydrogens (tertiary/aromatic N) is 2. The number of benzene rings is 1. The first-order valence-electron chi connectivity index (χ1n) is 10.6. The van der Waals surface area contributed by atoms with Gasteiger partial charge in [0.15, 0.2) is 0 Å². The van der Waals surface area contributed by atoms with Crippen LogP contribution in [0.3, 0.4) is 0 Å². The SMILES string of the molecule is Cc1cccc(CN2CCC(NC(=O)C3CCCN3S(=O)(=O)c3cccs3)CC2)c1. The molecule has 8 heteroatoms. The van der Waals surface area contributed by atoms with Gasteiger partial charge in [-0.2, -0.15) is 4.31 Å². The highest BCUT2D eigenvalue weighted by molar-refractivity contribution is 7.91. The van der Waals surface area contributed by atoms with Crippen LogP contribution in [-0.4, -0.2) is 55.2 Å². The Kier molecular flexibility index (Phi) is 6.57. The minimum atomic E-state index is -3.59. The predicted molar refractivity (Wildman–Crippen MR) is 119 cm³/mol. The van der Waals surface area contributed by atoms with Crippen LogP contribution in [0.4, 0.5) is 0 Å². The first-order valence-corrected chi connectivity index (χ1v) is 12.9. The van der Waals surface area contributed by atoms with Gasteiger partial charge in [-0.25, -0.2) is 8.42 Å². The number of thiophene rings is 1. The van der Waals surface area contributed by atoms with E-state index < -0.39 is 16.1 Å².